The predicted octanol–water partition coefficient (Wildman–Crippen LogP) is 0.222. The molecule has 66 valence electrons. The van der Waals surface area contributed by atoms with Gasteiger partial charge in [0.25, 0.3) is 0 Å². The number of aliphatic carboxylic acids is 1. The van der Waals surface area contributed by atoms with Crippen LogP contribution in [0, 0.1) is 0 Å². The van der Waals surface area contributed by atoms with Crippen LogP contribution in [0.2, 0.25) is 0 Å². The van der Waals surface area contributed by atoms with E-state index in [1.807, 2.05) is 7.05 Å². The SMILES string of the molecule is Cn1cnnc1CCCC(=O)O. The first-order valence-corrected chi connectivity index (χ1v) is 3.75. The normalized spacial score (nSPS) is 10.1. The van der Waals surface area contributed by atoms with Gasteiger partial charge in [-0.05, 0) is 6.42 Å². The van der Waals surface area contributed by atoms with Gasteiger partial charge in [0, 0.05) is 19.9 Å². The lowest BCUT2D eigenvalue weighted by atomic mass is 10.2. The molecule has 1 heterocycles. The van der Waals surface area contributed by atoms with Gasteiger partial charge in [0.1, 0.15) is 12.2 Å². The van der Waals surface area contributed by atoms with Gasteiger partial charge in [-0.15, -0.1) is 10.2 Å². The Hall–Kier alpha value is -1.39. The lowest BCUT2D eigenvalue weighted by Gasteiger charge is -1.97. The first-order valence-electron chi connectivity index (χ1n) is 3.75. The van der Waals surface area contributed by atoms with E-state index >= 15 is 0 Å². The van der Waals surface area contributed by atoms with E-state index in [0.717, 1.165) is 5.82 Å². The fourth-order valence-corrected chi connectivity index (χ4v) is 0.931. The number of hydrogen-bond acceptors (Lipinski definition) is 3. The van der Waals surface area contributed by atoms with Crippen LogP contribution >= 0.6 is 0 Å². The highest BCUT2D eigenvalue weighted by Gasteiger charge is 2.02. The zero-order chi connectivity index (χ0) is 8.97. The average Bonchev–Trinajstić information content (AvgIpc) is 2.36. The van der Waals surface area contributed by atoms with E-state index in [2.05, 4.69) is 10.2 Å². The third kappa shape index (κ3) is 2.34. The third-order valence-corrected chi connectivity index (χ3v) is 1.60. The number of nitrogens with zero attached hydrogens (tertiary/aromatic N) is 3. The van der Waals surface area contributed by atoms with Crippen molar-refractivity contribution in [3.63, 3.8) is 0 Å². The van der Waals surface area contributed by atoms with Gasteiger partial charge in [0.05, 0.1) is 0 Å². The average molecular weight is 169 g/mol. The van der Waals surface area contributed by atoms with Gasteiger partial charge in [0.15, 0.2) is 0 Å². The molecule has 0 aliphatic heterocycles. The van der Waals surface area contributed by atoms with Crippen LogP contribution in [0.5, 0.6) is 0 Å². The molecule has 0 saturated heterocycles. The minimum absolute atomic E-state index is 0.187. The third-order valence-electron chi connectivity index (χ3n) is 1.60. The zero-order valence-corrected chi connectivity index (χ0v) is 6.90. The number of aryl methyl sites for hydroxylation is 2. The summed E-state index contributed by atoms with van der Waals surface area (Å²) in [6, 6.07) is 0. The summed E-state index contributed by atoms with van der Waals surface area (Å²) in [5.74, 6) is 0.0634. The molecule has 0 radical (unpaired) electrons. The highest BCUT2D eigenvalue weighted by molar-refractivity contribution is 5.66. The van der Waals surface area contributed by atoms with Crippen molar-refractivity contribution in [1.29, 1.82) is 0 Å². The van der Waals surface area contributed by atoms with Crippen LogP contribution in [0.4, 0.5) is 0 Å². The van der Waals surface area contributed by atoms with E-state index in [-0.39, 0.29) is 6.42 Å². The smallest absolute Gasteiger partial charge is 0.303 e. The van der Waals surface area contributed by atoms with Crippen LogP contribution in [0.15, 0.2) is 6.33 Å². The van der Waals surface area contributed by atoms with Crippen LogP contribution < -0.4 is 0 Å². The molecule has 0 saturated carbocycles. The molecule has 1 aromatic heterocycles. The summed E-state index contributed by atoms with van der Waals surface area (Å²) in [6.45, 7) is 0. The second-order valence-corrected chi connectivity index (χ2v) is 2.61. The Kier molecular flexibility index (Phi) is 2.79. The second-order valence-electron chi connectivity index (χ2n) is 2.61. The Morgan fingerprint density at radius 2 is 2.50 bits per heavy atom. The Bertz CT molecular complexity index is 269. The van der Waals surface area contributed by atoms with Gasteiger partial charge in [-0.2, -0.15) is 0 Å². The van der Waals surface area contributed by atoms with E-state index in [1.54, 1.807) is 10.9 Å². The molecule has 1 rings (SSSR count). The Balaban J connectivity index is 2.33. The Labute approximate surface area is 70.0 Å². The number of carbonyl (C=O) groups is 1. The van der Waals surface area contributed by atoms with Crippen LogP contribution in [-0.4, -0.2) is 25.8 Å². The zero-order valence-electron chi connectivity index (χ0n) is 6.90. The quantitative estimate of drug-likeness (QED) is 0.700. The van der Waals surface area contributed by atoms with Crippen molar-refractivity contribution in [2.75, 3.05) is 0 Å². The minimum Gasteiger partial charge on any atom is -0.481 e. The van der Waals surface area contributed by atoms with Gasteiger partial charge >= 0.3 is 5.97 Å². The number of aromatic nitrogens is 3. The summed E-state index contributed by atoms with van der Waals surface area (Å²) in [6.07, 6.45) is 3.08. The highest BCUT2D eigenvalue weighted by atomic mass is 16.4. The first-order chi connectivity index (χ1) is 5.70. The van der Waals surface area contributed by atoms with Crippen molar-refractivity contribution < 1.29 is 9.90 Å². The van der Waals surface area contributed by atoms with Crippen molar-refractivity contribution >= 4 is 5.97 Å². The largest absolute Gasteiger partial charge is 0.481 e. The summed E-state index contributed by atoms with van der Waals surface area (Å²) in [7, 11) is 1.84. The van der Waals surface area contributed by atoms with Gasteiger partial charge in [-0.25, -0.2) is 0 Å². The molecule has 0 fully saturated rings. The molecule has 0 bridgehead atoms. The number of rotatable bonds is 4. The molecule has 0 atom stereocenters. The molecule has 0 amide bonds. The topological polar surface area (TPSA) is 68.0 Å². The molecule has 0 spiro atoms. The Morgan fingerprint density at radius 1 is 1.75 bits per heavy atom. The summed E-state index contributed by atoms with van der Waals surface area (Å²) >= 11 is 0. The molecule has 5 heteroatoms. The standard InChI is InChI=1S/C7H11N3O2/c1-10-5-8-9-6(10)3-2-4-7(11)12/h5H,2-4H2,1H3,(H,11,12). The van der Waals surface area contributed by atoms with E-state index in [9.17, 15) is 4.79 Å². The van der Waals surface area contributed by atoms with Gasteiger partial charge in [-0.1, -0.05) is 0 Å². The van der Waals surface area contributed by atoms with Crippen LogP contribution in [0.25, 0.3) is 0 Å². The molecular weight excluding hydrogens is 158 g/mol. The molecule has 0 aliphatic rings. The van der Waals surface area contributed by atoms with E-state index in [0.29, 0.717) is 12.8 Å². The molecular formula is C7H11N3O2. The summed E-state index contributed by atoms with van der Waals surface area (Å²) < 4.78 is 1.79. The fourth-order valence-electron chi connectivity index (χ4n) is 0.931. The highest BCUT2D eigenvalue weighted by Crippen LogP contribution is 1.99. The fraction of sp³-hybridized carbons (Fsp3) is 0.571. The van der Waals surface area contributed by atoms with Gasteiger partial charge in [-0.3, -0.25) is 4.79 Å². The van der Waals surface area contributed by atoms with Gasteiger partial charge < -0.3 is 9.67 Å². The molecule has 5 nitrogen and oxygen atoms in total. The molecule has 1 N–H and O–H groups in total. The molecule has 0 aliphatic carbocycles. The van der Waals surface area contributed by atoms with Crippen molar-refractivity contribution in [2.24, 2.45) is 7.05 Å². The van der Waals surface area contributed by atoms with E-state index < -0.39 is 5.97 Å². The number of carboxylic acids is 1. The maximum absolute atomic E-state index is 10.2. The summed E-state index contributed by atoms with van der Waals surface area (Å²) in [4.78, 5) is 10.2. The lowest BCUT2D eigenvalue weighted by molar-refractivity contribution is -0.137. The second kappa shape index (κ2) is 3.85. The molecule has 0 aromatic carbocycles. The number of carboxylic acid groups (broad SMARTS) is 1. The molecule has 0 unspecified atom stereocenters. The molecule has 1 aromatic rings. The Morgan fingerprint density at radius 3 is 3.00 bits per heavy atom. The van der Waals surface area contributed by atoms with Crippen LogP contribution in [-0.2, 0) is 18.3 Å². The number of hydrogen-bond donors (Lipinski definition) is 1. The minimum atomic E-state index is -0.767. The summed E-state index contributed by atoms with van der Waals surface area (Å²) in [5, 5.41) is 15.9. The first kappa shape index (κ1) is 8.70. The maximum Gasteiger partial charge on any atom is 0.303 e. The maximum atomic E-state index is 10.2. The summed E-state index contributed by atoms with van der Waals surface area (Å²) in [5.41, 5.74) is 0. The lowest BCUT2D eigenvalue weighted by Crippen LogP contribution is -2.00. The van der Waals surface area contributed by atoms with E-state index in [4.69, 9.17) is 5.11 Å². The van der Waals surface area contributed by atoms with Crippen molar-refractivity contribution in [3.8, 4) is 0 Å². The molecule has 12 heavy (non-hydrogen) atoms. The van der Waals surface area contributed by atoms with Crippen molar-refractivity contribution in [3.05, 3.63) is 12.2 Å². The van der Waals surface area contributed by atoms with Crippen molar-refractivity contribution in [2.45, 2.75) is 19.3 Å². The van der Waals surface area contributed by atoms with Crippen LogP contribution in [0.3, 0.4) is 0 Å². The monoisotopic (exact) mass is 169 g/mol. The van der Waals surface area contributed by atoms with Gasteiger partial charge in [0.2, 0.25) is 0 Å². The van der Waals surface area contributed by atoms with Crippen molar-refractivity contribution in [1.82, 2.24) is 14.8 Å². The predicted molar refractivity (Wildman–Crippen MR) is 41.6 cm³/mol. The van der Waals surface area contributed by atoms with Crippen LogP contribution in [0.1, 0.15) is 18.7 Å². The van der Waals surface area contributed by atoms with E-state index in [1.165, 1.54) is 0 Å².